The largest absolute Gasteiger partial charge is 0.392 e. The highest BCUT2D eigenvalue weighted by Gasteiger charge is 2.19. The SMILES string of the molecule is CN(Cc1cc(Br)cs1)CC(O)CC1CCCC1. The van der Waals surface area contributed by atoms with Crippen molar-refractivity contribution in [1.82, 2.24) is 4.90 Å². The maximum absolute atomic E-state index is 10.1. The van der Waals surface area contributed by atoms with Crippen LogP contribution in [0.4, 0.5) is 0 Å². The van der Waals surface area contributed by atoms with Gasteiger partial charge < -0.3 is 5.11 Å². The van der Waals surface area contributed by atoms with Crippen LogP contribution in [-0.2, 0) is 6.54 Å². The molecule has 102 valence electrons. The molecular formula is C14H22BrNOS. The van der Waals surface area contributed by atoms with Crippen molar-refractivity contribution >= 4 is 27.3 Å². The zero-order valence-corrected chi connectivity index (χ0v) is 13.3. The van der Waals surface area contributed by atoms with Gasteiger partial charge in [-0.2, -0.15) is 0 Å². The summed E-state index contributed by atoms with van der Waals surface area (Å²) in [5.41, 5.74) is 0. The molecule has 1 heterocycles. The molecule has 0 bridgehead atoms. The van der Waals surface area contributed by atoms with E-state index in [1.165, 1.54) is 30.6 Å². The Morgan fingerprint density at radius 1 is 1.50 bits per heavy atom. The minimum absolute atomic E-state index is 0.165. The van der Waals surface area contributed by atoms with Gasteiger partial charge >= 0.3 is 0 Å². The van der Waals surface area contributed by atoms with Gasteiger partial charge in [-0.15, -0.1) is 11.3 Å². The Hall–Kier alpha value is 0.1000. The number of thiophene rings is 1. The lowest BCUT2D eigenvalue weighted by Crippen LogP contribution is -2.29. The van der Waals surface area contributed by atoms with Crippen molar-refractivity contribution in [2.24, 2.45) is 5.92 Å². The Kier molecular flexibility index (Phi) is 5.67. The third-order valence-electron chi connectivity index (χ3n) is 3.65. The zero-order valence-electron chi connectivity index (χ0n) is 10.9. The van der Waals surface area contributed by atoms with Crippen molar-refractivity contribution in [3.05, 3.63) is 20.8 Å². The molecule has 1 saturated carbocycles. The average Bonchev–Trinajstić information content (AvgIpc) is 2.90. The van der Waals surface area contributed by atoms with Crippen LogP contribution in [0.1, 0.15) is 37.0 Å². The van der Waals surface area contributed by atoms with E-state index in [9.17, 15) is 5.11 Å². The quantitative estimate of drug-likeness (QED) is 0.854. The standard InChI is InChI=1S/C14H22BrNOS/c1-16(9-14-7-12(15)10-18-14)8-13(17)6-11-4-2-3-5-11/h7,10-11,13,17H,2-6,8-9H2,1H3. The molecule has 1 aliphatic rings. The maximum atomic E-state index is 10.1. The Labute approximate surface area is 122 Å². The topological polar surface area (TPSA) is 23.5 Å². The molecule has 1 unspecified atom stereocenters. The summed E-state index contributed by atoms with van der Waals surface area (Å²) >= 11 is 5.24. The van der Waals surface area contributed by atoms with Crippen LogP contribution in [0.3, 0.4) is 0 Å². The summed E-state index contributed by atoms with van der Waals surface area (Å²) in [5, 5.41) is 12.2. The van der Waals surface area contributed by atoms with Gasteiger partial charge in [-0.1, -0.05) is 25.7 Å². The second-order valence-electron chi connectivity index (χ2n) is 5.47. The van der Waals surface area contributed by atoms with E-state index >= 15 is 0 Å². The van der Waals surface area contributed by atoms with Crippen LogP contribution < -0.4 is 0 Å². The van der Waals surface area contributed by atoms with Crippen molar-refractivity contribution < 1.29 is 5.11 Å². The lowest BCUT2D eigenvalue weighted by atomic mass is 10.00. The Bertz CT molecular complexity index is 362. The second kappa shape index (κ2) is 7.04. The first-order valence-electron chi connectivity index (χ1n) is 6.73. The van der Waals surface area contributed by atoms with Gasteiger partial charge in [0.2, 0.25) is 0 Å². The molecule has 1 fully saturated rings. The van der Waals surface area contributed by atoms with Gasteiger partial charge in [-0.3, -0.25) is 4.90 Å². The fraction of sp³-hybridized carbons (Fsp3) is 0.714. The first kappa shape index (κ1) is 14.5. The predicted octanol–water partition coefficient (Wildman–Crippen LogP) is 3.88. The molecule has 18 heavy (non-hydrogen) atoms. The third kappa shape index (κ3) is 4.65. The van der Waals surface area contributed by atoms with E-state index in [1.807, 2.05) is 0 Å². The summed E-state index contributed by atoms with van der Waals surface area (Å²) in [6.45, 7) is 1.71. The summed E-state index contributed by atoms with van der Waals surface area (Å²) in [5.74, 6) is 0.768. The van der Waals surface area contributed by atoms with Crippen molar-refractivity contribution in [3.63, 3.8) is 0 Å². The fourth-order valence-electron chi connectivity index (χ4n) is 2.83. The molecule has 1 N–H and O–H groups in total. The summed E-state index contributed by atoms with van der Waals surface area (Å²) in [6, 6.07) is 2.16. The number of aliphatic hydroxyl groups excluding tert-OH is 1. The highest BCUT2D eigenvalue weighted by atomic mass is 79.9. The lowest BCUT2D eigenvalue weighted by molar-refractivity contribution is 0.0998. The van der Waals surface area contributed by atoms with E-state index in [-0.39, 0.29) is 6.10 Å². The number of hydrogen-bond acceptors (Lipinski definition) is 3. The molecule has 0 saturated heterocycles. The monoisotopic (exact) mass is 331 g/mol. The highest BCUT2D eigenvalue weighted by molar-refractivity contribution is 9.10. The van der Waals surface area contributed by atoms with Crippen molar-refractivity contribution in [3.8, 4) is 0 Å². The van der Waals surface area contributed by atoms with E-state index in [2.05, 4.69) is 39.3 Å². The molecule has 1 atom stereocenters. The molecule has 1 aromatic rings. The van der Waals surface area contributed by atoms with E-state index in [4.69, 9.17) is 0 Å². The zero-order chi connectivity index (χ0) is 13.0. The van der Waals surface area contributed by atoms with Crippen LogP contribution in [0.2, 0.25) is 0 Å². The van der Waals surface area contributed by atoms with E-state index in [1.54, 1.807) is 11.3 Å². The number of rotatable bonds is 6. The smallest absolute Gasteiger partial charge is 0.0669 e. The Balaban J connectivity index is 1.71. The first-order valence-corrected chi connectivity index (χ1v) is 8.40. The molecule has 1 aromatic heterocycles. The number of halogens is 1. The van der Waals surface area contributed by atoms with Crippen LogP contribution >= 0.6 is 27.3 Å². The third-order valence-corrected chi connectivity index (χ3v) is 5.33. The molecule has 0 aromatic carbocycles. The number of hydrogen-bond donors (Lipinski definition) is 1. The fourth-order valence-corrected chi connectivity index (χ4v) is 4.36. The van der Waals surface area contributed by atoms with Gasteiger partial charge in [0.15, 0.2) is 0 Å². The van der Waals surface area contributed by atoms with Crippen molar-refractivity contribution in [2.45, 2.75) is 44.8 Å². The van der Waals surface area contributed by atoms with Crippen LogP contribution in [0.25, 0.3) is 0 Å². The van der Waals surface area contributed by atoms with Gasteiger partial charge in [0.25, 0.3) is 0 Å². The maximum Gasteiger partial charge on any atom is 0.0669 e. The van der Waals surface area contributed by atoms with Gasteiger partial charge in [0.05, 0.1) is 6.10 Å². The molecule has 2 rings (SSSR count). The summed E-state index contributed by atoms with van der Waals surface area (Å²) in [7, 11) is 2.09. The van der Waals surface area contributed by atoms with Crippen LogP contribution in [0, 0.1) is 5.92 Å². The van der Waals surface area contributed by atoms with E-state index < -0.39 is 0 Å². The number of nitrogens with zero attached hydrogens (tertiary/aromatic N) is 1. The molecule has 2 nitrogen and oxygen atoms in total. The van der Waals surface area contributed by atoms with Crippen LogP contribution in [0.15, 0.2) is 15.9 Å². The van der Waals surface area contributed by atoms with E-state index in [0.717, 1.165) is 29.9 Å². The molecular weight excluding hydrogens is 310 g/mol. The summed E-state index contributed by atoms with van der Waals surface area (Å²) < 4.78 is 1.16. The molecule has 1 aliphatic carbocycles. The van der Waals surface area contributed by atoms with Gasteiger partial charge in [-0.05, 0) is 41.4 Å². The van der Waals surface area contributed by atoms with Crippen LogP contribution in [-0.4, -0.2) is 29.7 Å². The summed E-state index contributed by atoms with van der Waals surface area (Å²) in [4.78, 5) is 3.56. The lowest BCUT2D eigenvalue weighted by Gasteiger charge is -2.22. The molecule has 0 spiro atoms. The van der Waals surface area contributed by atoms with Gasteiger partial charge in [-0.25, -0.2) is 0 Å². The van der Waals surface area contributed by atoms with Gasteiger partial charge in [0, 0.05) is 27.8 Å². The number of likely N-dealkylation sites (N-methyl/N-ethyl adjacent to an activating group) is 1. The Morgan fingerprint density at radius 3 is 2.83 bits per heavy atom. The van der Waals surface area contributed by atoms with E-state index in [0.29, 0.717) is 0 Å². The number of aliphatic hydroxyl groups is 1. The average molecular weight is 332 g/mol. The minimum atomic E-state index is -0.165. The first-order chi connectivity index (χ1) is 8.63. The molecule has 0 aliphatic heterocycles. The summed E-state index contributed by atoms with van der Waals surface area (Å²) in [6.07, 6.45) is 6.17. The van der Waals surface area contributed by atoms with Crippen LogP contribution in [0.5, 0.6) is 0 Å². The highest BCUT2D eigenvalue weighted by Crippen LogP contribution is 2.28. The Morgan fingerprint density at radius 2 is 2.22 bits per heavy atom. The van der Waals surface area contributed by atoms with Crippen molar-refractivity contribution in [1.29, 1.82) is 0 Å². The molecule has 0 amide bonds. The second-order valence-corrected chi connectivity index (χ2v) is 7.38. The molecule has 4 heteroatoms. The van der Waals surface area contributed by atoms with Gasteiger partial charge in [0.1, 0.15) is 0 Å². The molecule has 0 radical (unpaired) electrons. The normalized spacial score (nSPS) is 18.7. The predicted molar refractivity (Wildman–Crippen MR) is 80.9 cm³/mol. The van der Waals surface area contributed by atoms with Crippen molar-refractivity contribution in [2.75, 3.05) is 13.6 Å². The minimum Gasteiger partial charge on any atom is -0.392 e.